The summed E-state index contributed by atoms with van der Waals surface area (Å²) in [6.07, 6.45) is 3.65. The van der Waals surface area contributed by atoms with Crippen molar-refractivity contribution in [3.8, 4) is 0 Å². The molecule has 0 atom stereocenters. The second kappa shape index (κ2) is 3.84. The topological polar surface area (TPSA) is 17.8 Å². The van der Waals surface area contributed by atoms with Crippen molar-refractivity contribution in [3.63, 3.8) is 0 Å². The van der Waals surface area contributed by atoms with Gasteiger partial charge in [0.1, 0.15) is 0 Å². The zero-order valence-corrected chi connectivity index (χ0v) is 8.41. The van der Waals surface area contributed by atoms with E-state index in [1.54, 1.807) is 6.33 Å². The van der Waals surface area contributed by atoms with Gasteiger partial charge in [-0.2, -0.15) is 0 Å². The van der Waals surface area contributed by atoms with Gasteiger partial charge in [-0.25, -0.2) is 4.98 Å². The number of aromatic nitrogens is 2. The van der Waals surface area contributed by atoms with Crippen molar-refractivity contribution >= 4 is 11.6 Å². The van der Waals surface area contributed by atoms with Crippen molar-refractivity contribution in [2.75, 3.05) is 0 Å². The number of hydrogen-bond acceptors (Lipinski definition) is 1. The fraction of sp³-hybridized carbons (Fsp3) is 0.0909. The molecule has 0 saturated heterocycles. The van der Waals surface area contributed by atoms with Crippen LogP contribution in [0, 0.1) is 6.92 Å². The van der Waals surface area contributed by atoms with E-state index in [2.05, 4.69) is 11.9 Å². The Morgan fingerprint density at radius 1 is 1.36 bits per heavy atom. The standard InChI is InChI=1S/C11H10ClN2/c1-9-6-14(8-13-9)7-10-4-2-3-5-11(10)12/h2-6,8H,1,7H2. The molecule has 0 N–H and O–H groups in total. The fourth-order valence-electron chi connectivity index (χ4n) is 1.32. The van der Waals surface area contributed by atoms with Gasteiger partial charge >= 0.3 is 0 Å². The van der Waals surface area contributed by atoms with Crippen molar-refractivity contribution in [3.05, 3.63) is 60.0 Å². The number of imidazole rings is 1. The van der Waals surface area contributed by atoms with Crippen molar-refractivity contribution in [2.45, 2.75) is 6.54 Å². The van der Waals surface area contributed by atoms with E-state index in [-0.39, 0.29) is 0 Å². The Bertz CT molecular complexity index is 434. The molecule has 0 aliphatic heterocycles. The minimum atomic E-state index is 0.738. The molecule has 0 saturated carbocycles. The first kappa shape index (κ1) is 9.28. The van der Waals surface area contributed by atoms with Gasteiger partial charge in [0.15, 0.2) is 0 Å². The SMILES string of the molecule is [CH2]c1cn(Cc2ccccc2Cl)cn1. The van der Waals surface area contributed by atoms with Crippen LogP contribution < -0.4 is 0 Å². The maximum atomic E-state index is 6.03. The molecular formula is C11H10ClN2. The van der Waals surface area contributed by atoms with Gasteiger partial charge in [-0.15, -0.1) is 0 Å². The highest BCUT2D eigenvalue weighted by Crippen LogP contribution is 2.15. The van der Waals surface area contributed by atoms with E-state index >= 15 is 0 Å². The van der Waals surface area contributed by atoms with Gasteiger partial charge in [-0.05, 0) is 18.6 Å². The smallest absolute Gasteiger partial charge is 0.0952 e. The summed E-state index contributed by atoms with van der Waals surface area (Å²) in [4.78, 5) is 4.05. The molecule has 0 bridgehead atoms. The Morgan fingerprint density at radius 2 is 2.14 bits per heavy atom. The summed E-state index contributed by atoms with van der Waals surface area (Å²) in [6, 6.07) is 7.79. The first-order valence-corrected chi connectivity index (χ1v) is 4.70. The van der Waals surface area contributed by atoms with Crippen LogP contribution in [0.2, 0.25) is 5.02 Å². The molecular weight excluding hydrogens is 196 g/mol. The Labute approximate surface area is 88.2 Å². The molecule has 0 unspecified atom stereocenters. The molecule has 1 aromatic heterocycles. The third kappa shape index (κ3) is 1.96. The zero-order valence-electron chi connectivity index (χ0n) is 7.65. The van der Waals surface area contributed by atoms with Crippen LogP contribution in [-0.4, -0.2) is 9.55 Å². The quantitative estimate of drug-likeness (QED) is 0.737. The average molecular weight is 206 g/mol. The number of benzene rings is 1. The third-order valence-corrected chi connectivity index (χ3v) is 2.37. The second-order valence-electron chi connectivity index (χ2n) is 3.13. The van der Waals surface area contributed by atoms with E-state index in [9.17, 15) is 0 Å². The van der Waals surface area contributed by atoms with Gasteiger partial charge < -0.3 is 4.57 Å². The highest BCUT2D eigenvalue weighted by molar-refractivity contribution is 6.31. The van der Waals surface area contributed by atoms with E-state index in [0.717, 1.165) is 22.8 Å². The first-order chi connectivity index (χ1) is 6.75. The highest BCUT2D eigenvalue weighted by Gasteiger charge is 1.99. The first-order valence-electron chi connectivity index (χ1n) is 4.33. The maximum absolute atomic E-state index is 6.03. The van der Waals surface area contributed by atoms with E-state index in [1.165, 1.54) is 0 Å². The van der Waals surface area contributed by atoms with Crippen LogP contribution in [0.25, 0.3) is 0 Å². The second-order valence-corrected chi connectivity index (χ2v) is 3.54. The number of nitrogens with zero attached hydrogens (tertiary/aromatic N) is 2. The maximum Gasteiger partial charge on any atom is 0.0952 e. The molecule has 0 aliphatic rings. The molecule has 2 nitrogen and oxygen atoms in total. The molecule has 0 aliphatic carbocycles. The van der Waals surface area contributed by atoms with Gasteiger partial charge in [0.2, 0.25) is 0 Å². The van der Waals surface area contributed by atoms with Crippen LogP contribution in [-0.2, 0) is 6.54 Å². The molecule has 0 amide bonds. The monoisotopic (exact) mass is 205 g/mol. The lowest BCUT2D eigenvalue weighted by Crippen LogP contribution is -1.96. The molecule has 0 spiro atoms. The van der Waals surface area contributed by atoms with Crippen molar-refractivity contribution in [2.24, 2.45) is 0 Å². The van der Waals surface area contributed by atoms with Gasteiger partial charge in [0.25, 0.3) is 0 Å². The predicted molar refractivity (Wildman–Crippen MR) is 57.2 cm³/mol. The number of hydrogen-bond donors (Lipinski definition) is 0. The van der Waals surface area contributed by atoms with Crippen LogP contribution in [0.1, 0.15) is 11.3 Å². The molecule has 71 valence electrons. The molecule has 2 aromatic rings. The van der Waals surface area contributed by atoms with Crippen LogP contribution in [0.15, 0.2) is 36.8 Å². The van der Waals surface area contributed by atoms with Crippen LogP contribution >= 0.6 is 11.6 Å². The molecule has 1 radical (unpaired) electrons. The Balaban J connectivity index is 2.23. The van der Waals surface area contributed by atoms with E-state index in [0.29, 0.717) is 0 Å². The lowest BCUT2D eigenvalue weighted by molar-refractivity contribution is 0.797. The minimum absolute atomic E-state index is 0.738. The molecule has 3 heteroatoms. The van der Waals surface area contributed by atoms with Gasteiger partial charge in [0, 0.05) is 17.8 Å². The lowest BCUT2D eigenvalue weighted by Gasteiger charge is -2.03. The summed E-state index contributed by atoms with van der Waals surface area (Å²) in [7, 11) is 0. The molecule has 0 fully saturated rings. The van der Waals surface area contributed by atoms with E-state index in [1.807, 2.05) is 35.0 Å². The summed E-state index contributed by atoms with van der Waals surface area (Å²) in [5.41, 5.74) is 1.86. The predicted octanol–water partition coefficient (Wildman–Crippen LogP) is 2.77. The molecule has 1 heterocycles. The summed E-state index contributed by atoms with van der Waals surface area (Å²) in [5, 5.41) is 0.784. The lowest BCUT2D eigenvalue weighted by atomic mass is 10.2. The molecule has 14 heavy (non-hydrogen) atoms. The summed E-state index contributed by atoms with van der Waals surface area (Å²) in [5.74, 6) is 0. The highest BCUT2D eigenvalue weighted by atomic mass is 35.5. The number of rotatable bonds is 2. The summed E-state index contributed by atoms with van der Waals surface area (Å²) < 4.78 is 1.96. The Morgan fingerprint density at radius 3 is 2.79 bits per heavy atom. The average Bonchev–Trinajstić information content (AvgIpc) is 2.56. The van der Waals surface area contributed by atoms with Crippen LogP contribution in [0.5, 0.6) is 0 Å². The van der Waals surface area contributed by atoms with E-state index in [4.69, 9.17) is 11.6 Å². The van der Waals surface area contributed by atoms with Gasteiger partial charge in [-0.1, -0.05) is 29.8 Å². The minimum Gasteiger partial charge on any atom is -0.333 e. The Hall–Kier alpha value is -1.28. The molecule has 1 aromatic carbocycles. The summed E-state index contributed by atoms with van der Waals surface area (Å²) >= 11 is 6.03. The fourth-order valence-corrected chi connectivity index (χ4v) is 1.51. The third-order valence-electron chi connectivity index (χ3n) is 2.00. The van der Waals surface area contributed by atoms with Crippen molar-refractivity contribution in [1.29, 1.82) is 0 Å². The Kier molecular flexibility index (Phi) is 2.55. The largest absolute Gasteiger partial charge is 0.333 e. The summed E-state index contributed by atoms with van der Waals surface area (Å²) in [6.45, 7) is 4.48. The van der Waals surface area contributed by atoms with Crippen molar-refractivity contribution in [1.82, 2.24) is 9.55 Å². The van der Waals surface area contributed by atoms with Gasteiger partial charge in [-0.3, -0.25) is 0 Å². The zero-order chi connectivity index (χ0) is 9.97. The van der Waals surface area contributed by atoms with Crippen LogP contribution in [0.4, 0.5) is 0 Å². The normalized spacial score (nSPS) is 10.4. The van der Waals surface area contributed by atoms with Gasteiger partial charge in [0.05, 0.1) is 12.0 Å². The number of halogens is 1. The van der Waals surface area contributed by atoms with E-state index < -0.39 is 0 Å². The molecule has 2 rings (SSSR count). The van der Waals surface area contributed by atoms with Crippen LogP contribution in [0.3, 0.4) is 0 Å². The van der Waals surface area contributed by atoms with Crippen molar-refractivity contribution < 1.29 is 0 Å².